The molecule has 0 bridgehead atoms. The van der Waals surface area contributed by atoms with E-state index in [9.17, 15) is 0 Å². The molecule has 1 heterocycles. The van der Waals surface area contributed by atoms with Crippen molar-refractivity contribution in [3.63, 3.8) is 0 Å². The minimum atomic E-state index is 0.619. The fraction of sp³-hybridized carbons (Fsp3) is 0.583. The van der Waals surface area contributed by atoms with Gasteiger partial charge in [0.1, 0.15) is 5.76 Å². The van der Waals surface area contributed by atoms with Crippen LogP contribution in [-0.2, 0) is 6.54 Å². The van der Waals surface area contributed by atoms with Crippen LogP contribution in [0.25, 0.3) is 0 Å². The van der Waals surface area contributed by atoms with Crippen LogP contribution in [0.2, 0.25) is 0 Å². The predicted molar refractivity (Wildman–Crippen MR) is 68.2 cm³/mol. The molecule has 0 atom stereocenters. The van der Waals surface area contributed by atoms with E-state index in [-0.39, 0.29) is 0 Å². The molecule has 0 aliphatic heterocycles. The predicted octanol–water partition coefficient (Wildman–Crippen LogP) is 2.31. The second-order valence-corrected chi connectivity index (χ2v) is 4.88. The highest BCUT2D eigenvalue weighted by Gasteiger charge is 2.28. The van der Waals surface area contributed by atoms with Gasteiger partial charge in [0.15, 0.2) is 0 Å². The van der Waals surface area contributed by atoms with Crippen LogP contribution in [0.15, 0.2) is 22.8 Å². The fourth-order valence-corrected chi connectivity index (χ4v) is 2.03. The summed E-state index contributed by atoms with van der Waals surface area (Å²) in [6, 6.07) is 4.72. The maximum absolute atomic E-state index is 5.50. The number of furan rings is 1. The molecule has 0 amide bonds. The molecule has 3 nitrogen and oxygen atoms in total. The molecule has 1 aromatic heterocycles. The molecule has 1 aliphatic carbocycles. The molecular weight excluding hydrogens is 220 g/mol. The van der Waals surface area contributed by atoms with E-state index in [0.717, 1.165) is 37.7 Å². The van der Waals surface area contributed by atoms with Gasteiger partial charge >= 0.3 is 0 Å². The smallest absolute Gasteiger partial charge is 0.117 e. The van der Waals surface area contributed by atoms with E-state index in [4.69, 9.17) is 22.4 Å². The Hall–Kier alpha value is -0.870. The van der Waals surface area contributed by atoms with Crippen molar-refractivity contribution >= 4 is 17.2 Å². The molecule has 2 N–H and O–H groups in total. The summed E-state index contributed by atoms with van der Waals surface area (Å²) in [5.74, 6) is 1.04. The lowest BCUT2D eigenvalue weighted by atomic mass is 10.2. The van der Waals surface area contributed by atoms with E-state index >= 15 is 0 Å². The zero-order valence-corrected chi connectivity index (χ0v) is 10.2. The van der Waals surface area contributed by atoms with Gasteiger partial charge in [-0.3, -0.25) is 4.90 Å². The van der Waals surface area contributed by atoms with Gasteiger partial charge in [0.25, 0.3) is 0 Å². The van der Waals surface area contributed by atoms with Crippen LogP contribution in [0.4, 0.5) is 0 Å². The summed E-state index contributed by atoms with van der Waals surface area (Å²) < 4.78 is 5.38. The first-order valence-corrected chi connectivity index (χ1v) is 6.21. The highest BCUT2D eigenvalue weighted by molar-refractivity contribution is 7.80. The Labute approximate surface area is 102 Å². The number of nitrogens with zero attached hydrogens (tertiary/aromatic N) is 1. The Bertz CT molecular complexity index is 333. The van der Waals surface area contributed by atoms with Crippen LogP contribution >= 0.6 is 12.2 Å². The molecule has 0 radical (unpaired) electrons. The number of nitrogens with two attached hydrogens (primary N) is 1. The molecule has 4 heteroatoms. The average Bonchev–Trinajstić information content (AvgIpc) is 2.96. The highest BCUT2D eigenvalue weighted by atomic mass is 32.1. The topological polar surface area (TPSA) is 42.4 Å². The molecule has 1 aliphatic rings. The maximum Gasteiger partial charge on any atom is 0.117 e. The van der Waals surface area contributed by atoms with E-state index in [2.05, 4.69) is 4.90 Å². The van der Waals surface area contributed by atoms with Crippen LogP contribution in [-0.4, -0.2) is 22.5 Å². The van der Waals surface area contributed by atoms with Gasteiger partial charge in [-0.25, -0.2) is 0 Å². The molecule has 0 aromatic carbocycles. The zero-order chi connectivity index (χ0) is 11.4. The van der Waals surface area contributed by atoms with Crippen LogP contribution in [0.5, 0.6) is 0 Å². The Morgan fingerprint density at radius 2 is 2.38 bits per heavy atom. The van der Waals surface area contributed by atoms with Gasteiger partial charge in [-0.15, -0.1) is 0 Å². The molecule has 0 spiro atoms. The number of hydrogen-bond donors (Lipinski definition) is 1. The summed E-state index contributed by atoms with van der Waals surface area (Å²) in [5.41, 5.74) is 5.50. The first-order valence-electron chi connectivity index (χ1n) is 5.80. The van der Waals surface area contributed by atoms with Crippen molar-refractivity contribution in [2.24, 2.45) is 5.73 Å². The normalized spacial score (nSPS) is 15.6. The summed E-state index contributed by atoms with van der Waals surface area (Å²) in [4.78, 5) is 3.09. The van der Waals surface area contributed by atoms with Gasteiger partial charge in [0.2, 0.25) is 0 Å². The largest absolute Gasteiger partial charge is 0.468 e. The number of hydrogen-bond acceptors (Lipinski definition) is 3. The fourth-order valence-electron chi connectivity index (χ4n) is 1.89. The first kappa shape index (κ1) is 11.6. The Balaban J connectivity index is 1.78. The lowest BCUT2D eigenvalue weighted by molar-refractivity contribution is 0.232. The Kier molecular flexibility index (Phi) is 3.96. The number of thiocarbonyl (C=S) groups is 1. The number of rotatable bonds is 7. The summed E-state index contributed by atoms with van der Waals surface area (Å²) >= 11 is 4.89. The van der Waals surface area contributed by atoms with Crippen LogP contribution < -0.4 is 5.73 Å². The van der Waals surface area contributed by atoms with Crippen LogP contribution in [0.3, 0.4) is 0 Å². The Morgan fingerprint density at radius 3 is 2.94 bits per heavy atom. The van der Waals surface area contributed by atoms with E-state index in [1.54, 1.807) is 6.26 Å². The lowest BCUT2D eigenvalue weighted by Crippen LogP contribution is -2.27. The Morgan fingerprint density at radius 1 is 1.56 bits per heavy atom. The van der Waals surface area contributed by atoms with Crippen molar-refractivity contribution in [3.8, 4) is 0 Å². The second kappa shape index (κ2) is 5.46. The molecule has 88 valence electrons. The van der Waals surface area contributed by atoms with Crippen molar-refractivity contribution < 1.29 is 4.42 Å². The van der Waals surface area contributed by atoms with Crippen molar-refractivity contribution in [1.29, 1.82) is 0 Å². The molecule has 0 unspecified atom stereocenters. The van der Waals surface area contributed by atoms with E-state index in [1.807, 2.05) is 12.1 Å². The minimum absolute atomic E-state index is 0.619. The minimum Gasteiger partial charge on any atom is -0.468 e. The average molecular weight is 238 g/mol. The van der Waals surface area contributed by atoms with Gasteiger partial charge in [-0.05, 0) is 44.4 Å². The molecule has 16 heavy (non-hydrogen) atoms. The lowest BCUT2D eigenvalue weighted by Gasteiger charge is -2.20. The van der Waals surface area contributed by atoms with Gasteiger partial charge < -0.3 is 10.2 Å². The van der Waals surface area contributed by atoms with Gasteiger partial charge in [0.05, 0.1) is 17.8 Å². The molecular formula is C12H18N2OS. The highest BCUT2D eigenvalue weighted by Crippen LogP contribution is 2.28. The third kappa shape index (κ3) is 3.61. The van der Waals surface area contributed by atoms with Gasteiger partial charge in [-0.2, -0.15) is 0 Å². The van der Waals surface area contributed by atoms with E-state index < -0.39 is 0 Å². The summed E-state index contributed by atoms with van der Waals surface area (Å²) in [6.07, 6.45) is 6.25. The summed E-state index contributed by atoms with van der Waals surface area (Å²) in [7, 11) is 0. The van der Waals surface area contributed by atoms with Crippen LogP contribution in [0, 0.1) is 0 Å². The molecule has 1 fully saturated rings. The van der Waals surface area contributed by atoms with Crippen molar-refractivity contribution in [2.45, 2.75) is 38.3 Å². The molecule has 1 saturated carbocycles. The van der Waals surface area contributed by atoms with Crippen molar-refractivity contribution in [3.05, 3.63) is 24.2 Å². The van der Waals surface area contributed by atoms with Crippen molar-refractivity contribution in [2.75, 3.05) is 6.54 Å². The SMILES string of the molecule is NC(=S)CCCN(Cc1ccco1)C1CC1. The van der Waals surface area contributed by atoms with E-state index in [1.165, 1.54) is 12.8 Å². The quantitative estimate of drug-likeness (QED) is 0.740. The monoisotopic (exact) mass is 238 g/mol. The second-order valence-electron chi connectivity index (χ2n) is 4.35. The summed E-state index contributed by atoms with van der Waals surface area (Å²) in [6.45, 7) is 1.97. The van der Waals surface area contributed by atoms with Gasteiger partial charge in [0, 0.05) is 6.04 Å². The standard InChI is InChI=1S/C12H18N2OS/c13-12(16)4-1-7-14(10-5-6-10)9-11-3-2-8-15-11/h2-3,8,10H,1,4-7,9H2,(H2,13,16). The molecule has 0 saturated heterocycles. The summed E-state index contributed by atoms with van der Waals surface area (Å²) in [5, 5.41) is 0. The van der Waals surface area contributed by atoms with E-state index in [0.29, 0.717) is 4.99 Å². The van der Waals surface area contributed by atoms with Crippen molar-refractivity contribution in [1.82, 2.24) is 4.90 Å². The van der Waals surface area contributed by atoms with Crippen LogP contribution in [0.1, 0.15) is 31.4 Å². The third-order valence-corrected chi connectivity index (χ3v) is 3.07. The third-order valence-electron chi connectivity index (χ3n) is 2.87. The molecule has 2 rings (SSSR count). The zero-order valence-electron chi connectivity index (χ0n) is 9.39. The maximum atomic E-state index is 5.50. The van der Waals surface area contributed by atoms with Gasteiger partial charge in [-0.1, -0.05) is 12.2 Å². The first-order chi connectivity index (χ1) is 7.75. The molecule has 1 aromatic rings.